The Labute approximate surface area is 213 Å². The quantitative estimate of drug-likeness (QED) is 0.409. The molecule has 4 aromatic rings. The molecule has 0 saturated carbocycles. The monoisotopic (exact) mass is 544 g/mol. The van der Waals surface area contributed by atoms with Gasteiger partial charge >= 0.3 is 11.9 Å². The van der Waals surface area contributed by atoms with Crippen LogP contribution < -0.4 is 16.4 Å². The molecule has 2 aromatic carbocycles. The van der Waals surface area contributed by atoms with E-state index in [2.05, 4.69) is 5.10 Å². The largest absolute Gasteiger partial charge is 0.416 e. The second-order valence-electron chi connectivity index (χ2n) is 8.15. The minimum Gasteiger partial charge on any atom is -0.268 e. The molecule has 0 aliphatic rings. The number of sulfonamides is 1. The predicted octanol–water partition coefficient (Wildman–Crippen LogP) is 2.72. The molecular weight excluding hydrogens is 525 g/mol. The van der Waals surface area contributed by atoms with Gasteiger partial charge in [-0.05, 0) is 56.3 Å². The third kappa shape index (κ3) is 4.53. The van der Waals surface area contributed by atoms with Crippen molar-refractivity contribution in [2.45, 2.75) is 31.5 Å². The van der Waals surface area contributed by atoms with E-state index >= 15 is 0 Å². The molecule has 0 saturated heterocycles. The number of nitrogens with zero attached hydrogens (tertiary/aromatic N) is 5. The van der Waals surface area contributed by atoms with Gasteiger partial charge in [0, 0.05) is 12.2 Å². The van der Waals surface area contributed by atoms with Crippen molar-refractivity contribution in [1.29, 1.82) is 5.26 Å². The molecule has 38 heavy (non-hydrogen) atoms. The fraction of sp³-hybridized carbons (Fsp3) is 0.167. The van der Waals surface area contributed by atoms with E-state index in [1.165, 1.54) is 44.2 Å². The SMILES string of the molecule is CCn1c(=O)c(-c2c(S(N)(=O)=O)cnn2-c2ccc(C#N)cc2)c(C)n(-c2cccc(C(F)(F)F)c2)c1=O. The van der Waals surface area contributed by atoms with Gasteiger partial charge in [0.1, 0.15) is 10.6 Å². The lowest BCUT2D eigenvalue weighted by molar-refractivity contribution is -0.137. The molecule has 0 unspecified atom stereocenters. The van der Waals surface area contributed by atoms with Gasteiger partial charge in [-0.25, -0.2) is 23.0 Å². The summed E-state index contributed by atoms with van der Waals surface area (Å²) in [7, 11) is -4.47. The highest BCUT2D eigenvalue weighted by Gasteiger charge is 2.32. The zero-order chi connectivity index (χ0) is 28.0. The first-order chi connectivity index (χ1) is 17.8. The molecular formula is C24H19F3N6O4S. The third-order valence-electron chi connectivity index (χ3n) is 5.85. The normalized spacial score (nSPS) is 11.9. The van der Waals surface area contributed by atoms with Gasteiger partial charge in [-0.1, -0.05) is 6.07 Å². The van der Waals surface area contributed by atoms with Gasteiger partial charge in [0.15, 0.2) is 0 Å². The molecule has 0 radical (unpaired) electrons. The number of alkyl halides is 3. The summed E-state index contributed by atoms with van der Waals surface area (Å²) in [5, 5.41) is 18.6. The lowest BCUT2D eigenvalue weighted by Gasteiger charge is -2.19. The van der Waals surface area contributed by atoms with Crippen molar-refractivity contribution in [2.75, 3.05) is 0 Å². The van der Waals surface area contributed by atoms with Crippen LogP contribution in [0, 0.1) is 18.3 Å². The Morgan fingerprint density at radius 3 is 2.29 bits per heavy atom. The molecule has 0 fully saturated rings. The first-order valence-electron chi connectivity index (χ1n) is 11.0. The molecule has 0 amide bonds. The number of nitrogens with two attached hydrogens (primary N) is 1. The summed E-state index contributed by atoms with van der Waals surface area (Å²) in [5.41, 5.74) is -3.19. The topological polar surface area (TPSA) is 146 Å². The van der Waals surface area contributed by atoms with Crippen molar-refractivity contribution in [2.24, 2.45) is 5.14 Å². The molecule has 4 rings (SSSR count). The fourth-order valence-corrected chi connectivity index (χ4v) is 4.73. The summed E-state index contributed by atoms with van der Waals surface area (Å²) in [6, 6.07) is 11.7. The molecule has 0 bridgehead atoms. The number of hydrogen-bond acceptors (Lipinski definition) is 6. The second kappa shape index (κ2) is 9.43. The number of nitriles is 1. The molecule has 2 aromatic heterocycles. The molecule has 0 aliphatic carbocycles. The van der Waals surface area contributed by atoms with E-state index in [0.29, 0.717) is 5.56 Å². The number of hydrogen-bond donors (Lipinski definition) is 1. The van der Waals surface area contributed by atoms with Crippen LogP contribution in [0.4, 0.5) is 13.2 Å². The van der Waals surface area contributed by atoms with Crippen LogP contribution in [-0.2, 0) is 22.7 Å². The van der Waals surface area contributed by atoms with E-state index in [4.69, 9.17) is 10.4 Å². The van der Waals surface area contributed by atoms with E-state index in [0.717, 1.165) is 38.2 Å². The molecule has 0 aliphatic heterocycles. The number of primary sulfonamides is 1. The average Bonchev–Trinajstić information content (AvgIpc) is 3.29. The molecule has 0 atom stereocenters. The maximum atomic E-state index is 13.6. The summed E-state index contributed by atoms with van der Waals surface area (Å²) in [6.45, 7) is 2.62. The van der Waals surface area contributed by atoms with Gasteiger partial charge in [0.05, 0.1) is 40.3 Å². The number of benzene rings is 2. The van der Waals surface area contributed by atoms with Crippen LogP contribution in [0.1, 0.15) is 23.7 Å². The van der Waals surface area contributed by atoms with Crippen molar-refractivity contribution in [3.8, 4) is 28.7 Å². The Morgan fingerprint density at radius 1 is 1.08 bits per heavy atom. The molecule has 14 heteroatoms. The van der Waals surface area contributed by atoms with Crippen LogP contribution in [-0.4, -0.2) is 27.3 Å². The van der Waals surface area contributed by atoms with Gasteiger partial charge < -0.3 is 0 Å². The number of aromatic nitrogens is 4. The van der Waals surface area contributed by atoms with Crippen LogP contribution in [0.5, 0.6) is 0 Å². The van der Waals surface area contributed by atoms with Crippen LogP contribution in [0.2, 0.25) is 0 Å². The Balaban J connectivity index is 2.15. The zero-order valence-electron chi connectivity index (χ0n) is 19.9. The summed E-state index contributed by atoms with van der Waals surface area (Å²) in [4.78, 5) is 26.3. The third-order valence-corrected chi connectivity index (χ3v) is 6.76. The first kappa shape index (κ1) is 26.6. The number of rotatable bonds is 5. The smallest absolute Gasteiger partial charge is 0.268 e. The Kier molecular flexibility index (Phi) is 6.60. The van der Waals surface area contributed by atoms with Crippen molar-refractivity contribution >= 4 is 10.0 Å². The van der Waals surface area contributed by atoms with Crippen LogP contribution in [0.25, 0.3) is 22.6 Å². The minimum absolute atomic E-state index is 0.135. The van der Waals surface area contributed by atoms with E-state index in [-0.39, 0.29) is 34.9 Å². The maximum absolute atomic E-state index is 13.6. The van der Waals surface area contributed by atoms with Gasteiger partial charge in [0.2, 0.25) is 10.0 Å². The Bertz CT molecular complexity index is 1830. The standard InChI is InChI=1S/C24H19F3N6O4S/c1-3-31-22(34)20(14(2)32(23(31)35)18-6-4-5-16(11-18)24(25,26)27)21-19(38(29,36)37)13-30-33(21)17-9-7-15(12-28)8-10-17/h4-11,13H,3H2,1-2H3,(H2,29,36,37). The summed E-state index contributed by atoms with van der Waals surface area (Å²) in [5.74, 6) is 0. The molecule has 10 nitrogen and oxygen atoms in total. The van der Waals surface area contributed by atoms with Crippen molar-refractivity contribution in [3.05, 3.63) is 92.4 Å². The van der Waals surface area contributed by atoms with E-state index < -0.39 is 37.9 Å². The van der Waals surface area contributed by atoms with Gasteiger partial charge in [-0.15, -0.1) is 0 Å². The highest BCUT2D eigenvalue weighted by atomic mass is 32.2. The van der Waals surface area contributed by atoms with E-state index in [1.54, 1.807) is 0 Å². The molecule has 0 spiro atoms. The lowest BCUT2D eigenvalue weighted by Crippen LogP contribution is -2.41. The summed E-state index contributed by atoms with van der Waals surface area (Å²) < 4.78 is 68.0. The average molecular weight is 545 g/mol. The summed E-state index contributed by atoms with van der Waals surface area (Å²) in [6.07, 6.45) is -3.78. The lowest BCUT2D eigenvalue weighted by atomic mass is 10.1. The Morgan fingerprint density at radius 2 is 1.74 bits per heavy atom. The van der Waals surface area contributed by atoms with Gasteiger partial charge in [-0.2, -0.15) is 23.5 Å². The number of halogens is 3. The maximum Gasteiger partial charge on any atom is 0.416 e. The highest BCUT2D eigenvalue weighted by molar-refractivity contribution is 7.89. The second-order valence-corrected chi connectivity index (χ2v) is 9.68. The van der Waals surface area contributed by atoms with Crippen molar-refractivity contribution in [1.82, 2.24) is 18.9 Å². The van der Waals surface area contributed by atoms with E-state index in [9.17, 15) is 31.2 Å². The predicted molar refractivity (Wildman–Crippen MR) is 130 cm³/mol. The van der Waals surface area contributed by atoms with Crippen molar-refractivity contribution in [3.63, 3.8) is 0 Å². The van der Waals surface area contributed by atoms with E-state index in [1.807, 2.05) is 6.07 Å². The van der Waals surface area contributed by atoms with Gasteiger partial charge in [-0.3, -0.25) is 13.9 Å². The molecule has 196 valence electrons. The molecule has 2 N–H and O–H groups in total. The van der Waals surface area contributed by atoms with Crippen LogP contribution >= 0.6 is 0 Å². The van der Waals surface area contributed by atoms with Crippen LogP contribution in [0.15, 0.2) is 69.2 Å². The Hall–Kier alpha value is -4.48. The summed E-state index contributed by atoms with van der Waals surface area (Å²) >= 11 is 0. The zero-order valence-corrected chi connectivity index (χ0v) is 20.7. The highest BCUT2D eigenvalue weighted by Crippen LogP contribution is 2.32. The fourth-order valence-electron chi connectivity index (χ4n) is 4.07. The van der Waals surface area contributed by atoms with Crippen molar-refractivity contribution < 1.29 is 21.6 Å². The first-order valence-corrected chi connectivity index (χ1v) is 12.5. The molecule has 2 heterocycles. The van der Waals surface area contributed by atoms with Gasteiger partial charge in [0.25, 0.3) is 5.56 Å². The minimum atomic E-state index is -4.70. The van der Waals surface area contributed by atoms with Crippen LogP contribution in [0.3, 0.4) is 0 Å².